The van der Waals surface area contributed by atoms with E-state index in [0.29, 0.717) is 41.9 Å². The van der Waals surface area contributed by atoms with E-state index >= 15 is 0 Å². The van der Waals surface area contributed by atoms with Crippen molar-refractivity contribution in [2.75, 3.05) is 6.61 Å². The van der Waals surface area contributed by atoms with Gasteiger partial charge in [-0.3, -0.25) is 4.79 Å². The van der Waals surface area contributed by atoms with Crippen molar-refractivity contribution in [3.05, 3.63) is 0 Å². The Kier molecular flexibility index (Phi) is 7.90. The molecule has 0 aromatic carbocycles. The summed E-state index contributed by atoms with van der Waals surface area (Å²) in [6.07, 6.45) is 9.02. The highest BCUT2D eigenvalue weighted by atomic mass is 16.6. The van der Waals surface area contributed by atoms with Crippen LogP contribution in [-0.4, -0.2) is 46.6 Å². The fourth-order valence-corrected chi connectivity index (χ4v) is 9.29. The minimum Gasteiger partial charge on any atom is -0.457 e. The summed E-state index contributed by atoms with van der Waals surface area (Å²) < 4.78 is 10.4. The Balaban J connectivity index is 1.36. The van der Waals surface area contributed by atoms with E-state index < -0.39 is 11.6 Å². The van der Waals surface area contributed by atoms with Gasteiger partial charge in [-0.05, 0) is 125 Å². The zero-order valence-corrected chi connectivity index (χ0v) is 23.4. The van der Waals surface area contributed by atoms with E-state index in [4.69, 9.17) is 9.47 Å². The van der Waals surface area contributed by atoms with Gasteiger partial charge in [-0.15, -0.1) is 0 Å². The van der Waals surface area contributed by atoms with Crippen LogP contribution in [0.15, 0.2) is 0 Å². The van der Waals surface area contributed by atoms with Crippen molar-refractivity contribution in [3.63, 3.8) is 0 Å². The van der Waals surface area contributed by atoms with Gasteiger partial charge in [-0.25, -0.2) is 4.79 Å². The second-order valence-corrected chi connectivity index (χ2v) is 14.1. The quantitative estimate of drug-likeness (QED) is 0.476. The number of aliphatic hydroxyl groups excluding tert-OH is 2. The first-order chi connectivity index (χ1) is 16.8. The first-order valence-corrected chi connectivity index (χ1v) is 14.5. The highest BCUT2D eigenvalue weighted by Gasteiger charge is 2.63. The predicted molar refractivity (Wildman–Crippen MR) is 138 cm³/mol. The standard InChI is InChI=1S/C30H50O6/c1-18(7-12-26(33)35-17-27(34)36-28(2,3)4)22-10-11-23-21-9-8-19-15-20(31)13-14-29(19,5)24(21)16-25(32)30(22,23)6/h18-25,31-32H,7-17H2,1-6H3/t18-,19-,20-,21+,22-,23+,24+,25+,29+,30-/m1/s1. The third-order valence-corrected chi connectivity index (χ3v) is 11.1. The first kappa shape index (κ1) is 27.9. The van der Waals surface area contributed by atoms with Crippen LogP contribution in [0.1, 0.15) is 106 Å². The molecule has 0 saturated heterocycles. The average Bonchev–Trinajstić information content (AvgIpc) is 3.15. The van der Waals surface area contributed by atoms with E-state index in [1.165, 1.54) is 12.8 Å². The monoisotopic (exact) mass is 506 g/mol. The van der Waals surface area contributed by atoms with E-state index in [0.717, 1.165) is 38.5 Å². The summed E-state index contributed by atoms with van der Waals surface area (Å²) in [5.74, 6) is 2.13. The molecule has 6 nitrogen and oxygen atoms in total. The van der Waals surface area contributed by atoms with Crippen LogP contribution in [0.5, 0.6) is 0 Å². The molecule has 4 saturated carbocycles. The number of aliphatic hydroxyl groups is 2. The Labute approximate surface area is 217 Å². The molecule has 0 heterocycles. The van der Waals surface area contributed by atoms with Gasteiger partial charge in [-0.1, -0.05) is 20.8 Å². The van der Waals surface area contributed by atoms with Crippen molar-refractivity contribution >= 4 is 11.9 Å². The molecule has 0 radical (unpaired) electrons. The molecule has 36 heavy (non-hydrogen) atoms. The molecule has 0 unspecified atom stereocenters. The molecule has 206 valence electrons. The van der Waals surface area contributed by atoms with Gasteiger partial charge in [0.25, 0.3) is 0 Å². The Hall–Kier alpha value is -1.14. The zero-order chi connectivity index (χ0) is 26.5. The van der Waals surface area contributed by atoms with E-state index in [-0.39, 0.29) is 42.0 Å². The Morgan fingerprint density at radius 2 is 1.69 bits per heavy atom. The molecule has 4 aliphatic rings. The van der Waals surface area contributed by atoms with E-state index in [1.807, 2.05) is 0 Å². The average molecular weight is 507 g/mol. The number of hydrogen-bond acceptors (Lipinski definition) is 6. The van der Waals surface area contributed by atoms with Crippen molar-refractivity contribution in [1.82, 2.24) is 0 Å². The van der Waals surface area contributed by atoms with E-state index in [1.54, 1.807) is 20.8 Å². The number of esters is 2. The van der Waals surface area contributed by atoms with E-state index in [9.17, 15) is 19.8 Å². The van der Waals surface area contributed by atoms with Gasteiger partial charge in [-0.2, -0.15) is 0 Å². The number of carbonyl (C=O) groups is 2. The number of hydrogen-bond donors (Lipinski definition) is 2. The summed E-state index contributed by atoms with van der Waals surface area (Å²) in [7, 11) is 0. The molecule has 4 fully saturated rings. The van der Waals surface area contributed by atoms with Crippen molar-refractivity contribution < 1.29 is 29.3 Å². The molecule has 0 aliphatic heterocycles. The van der Waals surface area contributed by atoms with Gasteiger partial charge >= 0.3 is 11.9 Å². The lowest BCUT2D eigenvalue weighted by Crippen LogP contribution is -2.58. The van der Waals surface area contributed by atoms with Crippen molar-refractivity contribution in [2.45, 2.75) is 124 Å². The van der Waals surface area contributed by atoms with Crippen molar-refractivity contribution in [1.29, 1.82) is 0 Å². The molecule has 0 aromatic heterocycles. The number of rotatable bonds is 6. The molecular formula is C30H50O6. The van der Waals surface area contributed by atoms with Crippen LogP contribution >= 0.6 is 0 Å². The van der Waals surface area contributed by atoms with Crippen LogP contribution in [0.4, 0.5) is 0 Å². The molecule has 0 bridgehead atoms. The maximum Gasteiger partial charge on any atom is 0.344 e. The minimum absolute atomic E-state index is 0.113. The van der Waals surface area contributed by atoms with Gasteiger partial charge in [0.2, 0.25) is 0 Å². The van der Waals surface area contributed by atoms with Crippen molar-refractivity contribution in [3.8, 4) is 0 Å². The largest absolute Gasteiger partial charge is 0.457 e. The molecule has 0 aromatic rings. The smallest absolute Gasteiger partial charge is 0.344 e. The van der Waals surface area contributed by atoms with Crippen LogP contribution in [0, 0.1) is 46.3 Å². The summed E-state index contributed by atoms with van der Waals surface area (Å²) >= 11 is 0. The summed E-state index contributed by atoms with van der Waals surface area (Å²) in [6.45, 7) is 12.0. The summed E-state index contributed by atoms with van der Waals surface area (Å²) in [5, 5.41) is 22.0. The Bertz CT molecular complexity index is 819. The second-order valence-electron chi connectivity index (χ2n) is 14.1. The van der Waals surface area contributed by atoms with Crippen LogP contribution in [0.2, 0.25) is 0 Å². The lowest BCUT2D eigenvalue weighted by atomic mass is 9.43. The Morgan fingerprint density at radius 1 is 0.972 bits per heavy atom. The maximum atomic E-state index is 12.3. The van der Waals surface area contributed by atoms with Gasteiger partial charge < -0.3 is 19.7 Å². The summed E-state index contributed by atoms with van der Waals surface area (Å²) in [5.41, 5.74) is -0.467. The van der Waals surface area contributed by atoms with Crippen molar-refractivity contribution in [2.24, 2.45) is 46.3 Å². The normalized spacial score (nSPS) is 43.1. The molecule has 0 amide bonds. The first-order valence-electron chi connectivity index (χ1n) is 14.5. The fourth-order valence-electron chi connectivity index (χ4n) is 9.29. The lowest BCUT2D eigenvalue weighted by molar-refractivity contribution is -0.175. The Morgan fingerprint density at radius 3 is 2.39 bits per heavy atom. The molecular weight excluding hydrogens is 456 g/mol. The minimum atomic E-state index is -0.596. The highest BCUT2D eigenvalue weighted by molar-refractivity contribution is 5.76. The zero-order valence-electron chi connectivity index (χ0n) is 23.4. The SMILES string of the molecule is C[C@H](CCC(=O)OCC(=O)OC(C)(C)C)[C@H]1CC[C@H]2[C@@H]3CC[C@@H]4C[C@H](O)CC[C@]4(C)[C@H]3C[C@H](O)[C@]12C. The van der Waals surface area contributed by atoms with Gasteiger partial charge in [0.05, 0.1) is 12.2 Å². The molecule has 4 aliphatic carbocycles. The van der Waals surface area contributed by atoms with Crippen LogP contribution in [0.3, 0.4) is 0 Å². The van der Waals surface area contributed by atoms with Crippen LogP contribution < -0.4 is 0 Å². The second kappa shape index (κ2) is 10.2. The fraction of sp³-hybridized carbons (Fsp3) is 0.933. The van der Waals surface area contributed by atoms with Crippen LogP contribution in [-0.2, 0) is 19.1 Å². The third-order valence-electron chi connectivity index (χ3n) is 11.1. The van der Waals surface area contributed by atoms with Gasteiger partial charge in [0.15, 0.2) is 6.61 Å². The van der Waals surface area contributed by atoms with Gasteiger partial charge in [0.1, 0.15) is 5.60 Å². The predicted octanol–water partition coefficient (Wildman–Crippen LogP) is 5.28. The molecule has 6 heteroatoms. The summed E-state index contributed by atoms with van der Waals surface area (Å²) in [6, 6.07) is 0. The lowest BCUT2D eigenvalue weighted by Gasteiger charge is -2.62. The molecule has 4 rings (SSSR count). The third kappa shape index (κ3) is 5.23. The highest BCUT2D eigenvalue weighted by Crippen LogP contribution is 2.68. The van der Waals surface area contributed by atoms with E-state index in [2.05, 4.69) is 20.8 Å². The van der Waals surface area contributed by atoms with Crippen LogP contribution in [0.25, 0.3) is 0 Å². The number of carbonyl (C=O) groups excluding carboxylic acids is 2. The summed E-state index contributed by atoms with van der Waals surface area (Å²) in [4.78, 5) is 24.2. The molecule has 0 spiro atoms. The maximum absolute atomic E-state index is 12.3. The topological polar surface area (TPSA) is 93.1 Å². The molecule has 2 N–H and O–H groups in total. The number of fused-ring (bicyclic) bond motifs is 5. The van der Waals surface area contributed by atoms with Gasteiger partial charge in [0, 0.05) is 6.42 Å². The number of ether oxygens (including phenoxy) is 2. The molecule has 10 atom stereocenters.